The molecule has 0 spiro atoms. The van der Waals surface area contributed by atoms with Gasteiger partial charge in [-0.25, -0.2) is 0 Å². The minimum absolute atomic E-state index is 0.161. The molecule has 0 fully saturated rings. The van der Waals surface area contributed by atoms with Gasteiger partial charge < -0.3 is 14.4 Å². The summed E-state index contributed by atoms with van der Waals surface area (Å²) in [5, 5.41) is 0. The van der Waals surface area contributed by atoms with E-state index in [9.17, 15) is 9.59 Å². The van der Waals surface area contributed by atoms with E-state index in [1.807, 2.05) is 48.5 Å². The second-order valence-corrected chi connectivity index (χ2v) is 7.65. The zero-order chi connectivity index (χ0) is 21.0. The summed E-state index contributed by atoms with van der Waals surface area (Å²) in [5.74, 6) is 1.28. The molecular weight excluding hydrogens is 388 g/mol. The lowest BCUT2D eigenvalue weighted by Gasteiger charge is -2.17. The SMILES string of the molecule is COc1cccc(CN(C)C(=O)c2sc(=O)n(Cc3ccccc3OC)c2C)c1. The maximum Gasteiger partial charge on any atom is 0.308 e. The number of amides is 1. The highest BCUT2D eigenvalue weighted by atomic mass is 32.1. The van der Waals surface area contributed by atoms with Gasteiger partial charge in [-0.3, -0.25) is 14.2 Å². The zero-order valence-corrected chi connectivity index (χ0v) is 17.8. The van der Waals surface area contributed by atoms with Crippen molar-refractivity contribution < 1.29 is 14.3 Å². The highest BCUT2D eigenvalue weighted by Gasteiger charge is 2.21. The van der Waals surface area contributed by atoms with E-state index in [0.29, 0.717) is 29.4 Å². The molecule has 0 unspecified atom stereocenters. The van der Waals surface area contributed by atoms with Crippen LogP contribution in [-0.2, 0) is 13.1 Å². The molecule has 152 valence electrons. The summed E-state index contributed by atoms with van der Waals surface area (Å²) in [6.07, 6.45) is 0. The molecule has 1 heterocycles. The molecule has 0 aliphatic carbocycles. The van der Waals surface area contributed by atoms with Gasteiger partial charge >= 0.3 is 4.87 Å². The number of carbonyl (C=O) groups excluding carboxylic acids is 1. The molecule has 7 heteroatoms. The first kappa shape index (κ1) is 20.7. The molecule has 0 saturated heterocycles. The van der Waals surface area contributed by atoms with Gasteiger partial charge in [0.2, 0.25) is 0 Å². The van der Waals surface area contributed by atoms with Gasteiger partial charge in [0.25, 0.3) is 5.91 Å². The van der Waals surface area contributed by atoms with Crippen LogP contribution in [0.15, 0.2) is 53.3 Å². The van der Waals surface area contributed by atoms with Crippen LogP contribution >= 0.6 is 11.3 Å². The Hall–Kier alpha value is -3.06. The van der Waals surface area contributed by atoms with Gasteiger partial charge in [-0.15, -0.1) is 0 Å². The number of thiazole rings is 1. The van der Waals surface area contributed by atoms with E-state index in [4.69, 9.17) is 9.47 Å². The van der Waals surface area contributed by atoms with Gasteiger partial charge in [-0.2, -0.15) is 0 Å². The Morgan fingerprint density at radius 3 is 2.59 bits per heavy atom. The maximum atomic E-state index is 13.0. The normalized spacial score (nSPS) is 10.6. The molecule has 1 aromatic heterocycles. The molecular formula is C22H24N2O4S. The average molecular weight is 413 g/mol. The lowest BCUT2D eigenvalue weighted by atomic mass is 10.2. The molecule has 3 aromatic rings. The molecule has 0 aliphatic heterocycles. The Kier molecular flexibility index (Phi) is 6.39. The van der Waals surface area contributed by atoms with Crippen LogP contribution in [0, 0.1) is 6.92 Å². The van der Waals surface area contributed by atoms with Crippen LogP contribution in [0.25, 0.3) is 0 Å². The molecule has 0 N–H and O–H groups in total. The number of rotatable bonds is 7. The molecule has 0 atom stereocenters. The van der Waals surface area contributed by atoms with Crippen LogP contribution in [0.3, 0.4) is 0 Å². The van der Waals surface area contributed by atoms with Gasteiger partial charge in [-0.1, -0.05) is 41.7 Å². The fraction of sp³-hybridized carbons (Fsp3) is 0.273. The van der Waals surface area contributed by atoms with E-state index in [2.05, 4.69) is 0 Å². The van der Waals surface area contributed by atoms with Crippen molar-refractivity contribution in [3.8, 4) is 11.5 Å². The Balaban J connectivity index is 1.83. The van der Waals surface area contributed by atoms with Crippen molar-refractivity contribution in [1.82, 2.24) is 9.47 Å². The summed E-state index contributed by atoms with van der Waals surface area (Å²) in [4.78, 5) is 27.5. The summed E-state index contributed by atoms with van der Waals surface area (Å²) in [6, 6.07) is 15.1. The number of carbonyl (C=O) groups is 1. The summed E-state index contributed by atoms with van der Waals surface area (Å²) in [5.41, 5.74) is 2.51. The lowest BCUT2D eigenvalue weighted by Crippen LogP contribution is -2.26. The topological polar surface area (TPSA) is 60.8 Å². The van der Waals surface area contributed by atoms with Gasteiger partial charge in [-0.05, 0) is 30.7 Å². The van der Waals surface area contributed by atoms with Crippen molar-refractivity contribution in [2.45, 2.75) is 20.0 Å². The van der Waals surface area contributed by atoms with E-state index in [-0.39, 0.29) is 10.8 Å². The highest BCUT2D eigenvalue weighted by molar-refractivity contribution is 7.11. The predicted octanol–water partition coefficient (Wildman–Crippen LogP) is 3.56. The molecule has 0 saturated carbocycles. The van der Waals surface area contributed by atoms with Gasteiger partial charge in [0.15, 0.2) is 0 Å². The molecule has 3 rings (SSSR count). The first-order valence-electron chi connectivity index (χ1n) is 9.15. The molecule has 29 heavy (non-hydrogen) atoms. The number of benzene rings is 2. The highest BCUT2D eigenvalue weighted by Crippen LogP contribution is 2.22. The average Bonchev–Trinajstić information content (AvgIpc) is 3.01. The summed E-state index contributed by atoms with van der Waals surface area (Å²) < 4.78 is 12.2. The van der Waals surface area contributed by atoms with Crippen molar-refractivity contribution in [1.29, 1.82) is 0 Å². The van der Waals surface area contributed by atoms with E-state index >= 15 is 0 Å². The number of aromatic nitrogens is 1. The number of hydrogen-bond acceptors (Lipinski definition) is 5. The van der Waals surface area contributed by atoms with Crippen LogP contribution in [0.2, 0.25) is 0 Å². The van der Waals surface area contributed by atoms with Crippen molar-refractivity contribution in [3.05, 3.63) is 79.9 Å². The molecule has 0 bridgehead atoms. The van der Waals surface area contributed by atoms with Gasteiger partial charge in [0.1, 0.15) is 16.4 Å². The third-order valence-electron chi connectivity index (χ3n) is 4.76. The number of hydrogen-bond donors (Lipinski definition) is 0. The summed E-state index contributed by atoms with van der Waals surface area (Å²) in [7, 11) is 4.94. The Bertz CT molecular complexity index is 1070. The minimum atomic E-state index is -0.175. The first-order valence-corrected chi connectivity index (χ1v) is 9.96. The van der Waals surface area contributed by atoms with E-state index in [1.54, 1.807) is 37.7 Å². The third kappa shape index (κ3) is 4.51. The molecule has 0 radical (unpaired) electrons. The van der Waals surface area contributed by atoms with Crippen LogP contribution < -0.4 is 14.3 Å². The Morgan fingerprint density at radius 2 is 1.86 bits per heavy atom. The van der Waals surface area contributed by atoms with Crippen LogP contribution in [0.4, 0.5) is 0 Å². The second-order valence-electron chi connectivity index (χ2n) is 6.69. The van der Waals surface area contributed by atoms with Crippen molar-refractivity contribution in [2.24, 2.45) is 0 Å². The monoisotopic (exact) mass is 412 g/mol. The van der Waals surface area contributed by atoms with E-state index < -0.39 is 0 Å². The summed E-state index contributed by atoms with van der Waals surface area (Å²) in [6.45, 7) is 2.59. The number of methoxy groups -OCH3 is 2. The van der Waals surface area contributed by atoms with Gasteiger partial charge in [0, 0.05) is 24.8 Å². The van der Waals surface area contributed by atoms with Crippen LogP contribution in [0.1, 0.15) is 26.5 Å². The lowest BCUT2D eigenvalue weighted by molar-refractivity contribution is 0.0788. The molecule has 1 amide bonds. The number of para-hydroxylation sites is 1. The van der Waals surface area contributed by atoms with Crippen LogP contribution in [-0.4, -0.2) is 36.6 Å². The quantitative estimate of drug-likeness (QED) is 0.595. The first-order chi connectivity index (χ1) is 13.9. The standard InChI is InChI=1S/C22H24N2O4S/c1-15-20(21(25)23(2)13-16-8-7-10-18(12-16)27-3)29-22(26)24(15)14-17-9-5-6-11-19(17)28-4/h5-12H,13-14H2,1-4H3. The Labute approximate surface area is 173 Å². The van der Waals surface area contributed by atoms with Gasteiger partial charge in [0.05, 0.1) is 20.8 Å². The maximum absolute atomic E-state index is 13.0. The Morgan fingerprint density at radius 1 is 1.10 bits per heavy atom. The van der Waals surface area contributed by atoms with E-state index in [1.165, 1.54) is 0 Å². The van der Waals surface area contributed by atoms with Crippen molar-refractivity contribution >= 4 is 17.2 Å². The molecule has 6 nitrogen and oxygen atoms in total. The zero-order valence-electron chi connectivity index (χ0n) is 17.0. The number of nitrogens with zero attached hydrogens (tertiary/aromatic N) is 2. The van der Waals surface area contributed by atoms with E-state index in [0.717, 1.165) is 28.2 Å². The largest absolute Gasteiger partial charge is 0.497 e. The second kappa shape index (κ2) is 8.96. The van der Waals surface area contributed by atoms with Crippen molar-refractivity contribution in [2.75, 3.05) is 21.3 Å². The molecule has 2 aromatic carbocycles. The predicted molar refractivity (Wildman–Crippen MR) is 114 cm³/mol. The number of ether oxygens (including phenoxy) is 2. The fourth-order valence-corrected chi connectivity index (χ4v) is 4.14. The van der Waals surface area contributed by atoms with Crippen molar-refractivity contribution in [3.63, 3.8) is 0 Å². The third-order valence-corrected chi connectivity index (χ3v) is 5.83. The minimum Gasteiger partial charge on any atom is -0.497 e. The summed E-state index contributed by atoms with van der Waals surface area (Å²) >= 11 is 0.979. The van der Waals surface area contributed by atoms with Crippen LogP contribution in [0.5, 0.6) is 11.5 Å². The molecule has 0 aliphatic rings. The fourth-order valence-electron chi connectivity index (χ4n) is 3.15. The smallest absolute Gasteiger partial charge is 0.308 e.